The second-order valence-corrected chi connectivity index (χ2v) is 15.3. The summed E-state index contributed by atoms with van der Waals surface area (Å²) in [6.07, 6.45) is 19.5. The quantitative estimate of drug-likeness (QED) is 0.0782. The molecule has 1 saturated heterocycles. The van der Waals surface area contributed by atoms with Gasteiger partial charge in [0.15, 0.2) is 40.5 Å². The summed E-state index contributed by atoms with van der Waals surface area (Å²) >= 11 is 0. The number of likely N-dealkylation sites (N-methyl/N-ethyl adjacent to an activating group) is 1. The maximum Gasteiger partial charge on any atom is 0.202 e. The molecule has 1 aliphatic rings. The molecule has 14 heteroatoms. The molecule has 1 atom stereocenters. The van der Waals surface area contributed by atoms with Crippen LogP contribution in [0.3, 0.4) is 0 Å². The predicted molar refractivity (Wildman–Crippen MR) is 263 cm³/mol. The molecular formula is C49H77FN2O10S. The van der Waals surface area contributed by atoms with Crippen molar-refractivity contribution in [2.24, 2.45) is 0 Å². The minimum atomic E-state index is -1.90. The molecule has 1 rings (SSSR count). The smallest absolute Gasteiger partial charge is 0.202 e. The molecule has 1 fully saturated rings. The second-order valence-electron chi connectivity index (χ2n) is 12.9. The second kappa shape index (κ2) is 54.5. The standard InChI is InChI=1S/C9H15NO2.C7H13NO.C7H12O.C5H8O.C5H6O.C4H5FO.C4H8OS.C4H6O.C4H4O/c1-9(11)3-2-4-10-5-7-12-8-6-10;1-7(9)5-4-6-8(2)3;1-4-5-6(2)7(3)8;2*1-3-4-5(2)6;1-3(5)4(2)6;1-4-6(2,3)5;2*1-3-4(2)5/h2-3H,4-8H2,1H3;4-5H,6H2,1-3H3;2,4-5H2,1,3H3;3-4H,1-2H3;1-2H3;1H2,2H3;4H,1-2H2,3H3;3H,1H2,2H3;1H,2H3/b3-2+;5-4+;;4-3+;;;;;. The highest BCUT2D eigenvalue weighted by Crippen LogP contribution is 2.01. The zero-order chi connectivity index (χ0) is 51.6. The number of nitrogens with zero attached hydrogens (tertiary/aromatic N) is 2. The first-order valence-corrected chi connectivity index (χ1v) is 21.5. The van der Waals surface area contributed by atoms with Gasteiger partial charge in [0.25, 0.3) is 0 Å². The fourth-order valence-corrected chi connectivity index (χ4v) is 2.47. The summed E-state index contributed by atoms with van der Waals surface area (Å²) in [4.78, 5) is 84.3. The number of hydrogen-bond acceptors (Lipinski definition) is 12. The van der Waals surface area contributed by atoms with Crippen molar-refractivity contribution in [3.63, 3.8) is 0 Å². The highest BCUT2D eigenvalue weighted by molar-refractivity contribution is 8.02. The van der Waals surface area contributed by atoms with Crippen LogP contribution in [0.4, 0.5) is 4.39 Å². The number of halogens is 1. The Morgan fingerprint density at radius 2 is 1.17 bits per heavy atom. The number of Topliss-reactive ketones (excluding diaryl/α,β-unsaturated/α-hetero) is 4. The number of morpholine rings is 1. The van der Waals surface area contributed by atoms with Crippen molar-refractivity contribution >= 4 is 61.7 Å². The van der Waals surface area contributed by atoms with E-state index in [1.165, 1.54) is 45.3 Å². The summed E-state index contributed by atoms with van der Waals surface area (Å²) in [7, 11) is 2.03. The lowest BCUT2D eigenvalue weighted by atomic mass is 10.1. The zero-order valence-corrected chi connectivity index (χ0v) is 41.5. The van der Waals surface area contributed by atoms with Gasteiger partial charge < -0.3 is 9.64 Å². The Hall–Kier alpha value is -5.51. The molecule has 0 aromatic rings. The molecule has 0 spiro atoms. The Morgan fingerprint density at radius 3 is 1.35 bits per heavy atom. The minimum Gasteiger partial charge on any atom is -0.379 e. The van der Waals surface area contributed by atoms with Crippen molar-refractivity contribution in [1.29, 1.82) is 0 Å². The third kappa shape index (κ3) is 113. The van der Waals surface area contributed by atoms with Crippen molar-refractivity contribution in [2.75, 3.05) is 59.7 Å². The van der Waals surface area contributed by atoms with E-state index in [-0.39, 0.29) is 40.5 Å². The number of hydrogen-bond donors (Lipinski definition) is 0. The molecule has 12 nitrogen and oxygen atoms in total. The van der Waals surface area contributed by atoms with Gasteiger partial charge in [-0.25, -0.2) is 4.39 Å². The van der Waals surface area contributed by atoms with Gasteiger partial charge in [-0.15, -0.1) is 6.42 Å². The first-order valence-electron chi connectivity index (χ1n) is 19.3. The molecule has 0 saturated carbocycles. The molecule has 63 heavy (non-hydrogen) atoms. The Labute approximate surface area is 380 Å². The number of allylic oxidation sites excluding steroid dienone is 7. The van der Waals surface area contributed by atoms with Gasteiger partial charge in [0.05, 0.1) is 13.2 Å². The third-order valence-corrected chi connectivity index (χ3v) is 6.33. The lowest BCUT2D eigenvalue weighted by Crippen LogP contribution is -2.36. The predicted octanol–water partition coefficient (Wildman–Crippen LogP) is 7.34. The normalized spacial score (nSPS) is 11.5. The molecule has 1 heterocycles. The van der Waals surface area contributed by atoms with Gasteiger partial charge in [-0.05, 0) is 132 Å². The maximum atomic E-state index is 11.3. The molecule has 1 aliphatic heterocycles. The lowest BCUT2D eigenvalue weighted by molar-refractivity contribution is -0.115. The number of carbonyl (C=O) groups is 8. The van der Waals surface area contributed by atoms with E-state index in [1.807, 2.05) is 50.9 Å². The van der Waals surface area contributed by atoms with Crippen LogP contribution in [0.5, 0.6) is 0 Å². The summed E-state index contributed by atoms with van der Waals surface area (Å²) in [5.74, 6) is 8.67. The summed E-state index contributed by atoms with van der Waals surface area (Å²) in [6, 6.07) is 0. The van der Waals surface area contributed by atoms with E-state index in [0.717, 1.165) is 64.7 Å². The van der Waals surface area contributed by atoms with E-state index >= 15 is 0 Å². The van der Waals surface area contributed by atoms with Gasteiger partial charge in [0, 0.05) is 53.2 Å². The molecule has 0 aromatic heterocycles. The monoisotopic (exact) mass is 905 g/mol. The van der Waals surface area contributed by atoms with Crippen LogP contribution in [0.25, 0.3) is 0 Å². The Bertz CT molecular complexity index is 1690. The molecular weight excluding hydrogens is 828 g/mol. The van der Waals surface area contributed by atoms with Crippen molar-refractivity contribution in [2.45, 2.75) is 89.0 Å². The van der Waals surface area contributed by atoms with Gasteiger partial charge in [-0.1, -0.05) is 63.8 Å². The zero-order valence-electron chi connectivity index (χ0n) is 40.7. The van der Waals surface area contributed by atoms with Gasteiger partial charge in [-0.2, -0.15) is 0 Å². The highest BCUT2D eigenvalue weighted by Gasteiger charge is 2.07. The average molecular weight is 905 g/mol. The number of terminal acetylenes is 1. The van der Waals surface area contributed by atoms with Crippen LogP contribution in [0.1, 0.15) is 89.0 Å². The summed E-state index contributed by atoms with van der Waals surface area (Å²) in [5, 5.41) is 1.35. The van der Waals surface area contributed by atoms with E-state index in [1.54, 1.807) is 52.2 Å². The summed E-state index contributed by atoms with van der Waals surface area (Å²) < 4.78 is 26.8. The van der Waals surface area contributed by atoms with Crippen molar-refractivity contribution < 1.29 is 51.7 Å². The average Bonchev–Trinajstić information content (AvgIpc) is 3.16. The van der Waals surface area contributed by atoms with E-state index in [0.29, 0.717) is 0 Å². The van der Waals surface area contributed by atoms with Crippen molar-refractivity contribution in [3.8, 4) is 24.2 Å². The van der Waals surface area contributed by atoms with E-state index in [9.17, 15) is 47.0 Å². The van der Waals surface area contributed by atoms with Crippen molar-refractivity contribution in [1.82, 2.24) is 9.80 Å². The number of carbonyl (C=O) groups excluding carboxylic acids is 8. The Kier molecular flexibility index (Phi) is 64.8. The van der Waals surface area contributed by atoms with Crippen LogP contribution in [0.15, 0.2) is 85.7 Å². The number of ether oxygens (including phenoxy) is 1. The Morgan fingerprint density at radius 1 is 0.794 bits per heavy atom. The van der Waals surface area contributed by atoms with Gasteiger partial charge in [0.2, 0.25) is 11.6 Å². The number of ketones is 8. The van der Waals surface area contributed by atoms with Crippen LogP contribution < -0.4 is 0 Å². The highest BCUT2D eigenvalue weighted by atomic mass is 32.2. The van der Waals surface area contributed by atoms with Gasteiger partial charge >= 0.3 is 0 Å². The Balaban J connectivity index is -0.0000000916. The molecule has 356 valence electrons. The van der Waals surface area contributed by atoms with Crippen molar-refractivity contribution in [3.05, 3.63) is 85.7 Å². The SMILES string of the molecule is C#CC(C)=O.C/C=C/C(C)=O.C=C(CCC)C(C)=O.C=C(F)C(C)=O.C=CC(C)=O.C=CS(=C)(C)=O.CC#CC(C)=O.CC(=O)/C=C/CN(C)C.CC(=O)/C=C/CN1CCOCC1. The third-order valence-electron chi connectivity index (χ3n) is 5.62. The first kappa shape index (κ1) is 74.9. The molecule has 1 unspecified atom stereocenters. The van der Waals surface area contributed by atoms with Crippen LogP contribution >= 0.6 is 0 Å². The van der Waals surface area contributed by atoms with Gasteiger partial charge in [-0.3, -0.25) is 47.5 Å². The topological polar surface area (TPSA) is 169 Å². The molecule has 0 aromatic carbocycles. The number of rotatable bonds is 13. The van der Waals surface area contributed by atoms with Crippen LogP contribution in [0, 0.1) is 24.2 Å². The molecule has 0 radical (unpaired) electrons. The molecule has 0 bridgehead atoms. The minimum absolute atomic E-state index is 0.0185. The van der Waals surface area contributed by atoms with Gasteiger partial charge in [0.1, 0.15) is 0 Å². The fourth-order valence-electron chi connectivity index (χ4n) is 2.47. The first-order chi connectivity index (χ1) is 28.9. The lowest BCUT2D eigenvalue weighted by Gasteiger charge is -2.24. The summed E-state index contributed by atoms with van der Waals surface area (Å²) in [5.41, 5.74) is 0.743. The van der Waals surface area contributed by atoms with E-state index in [4.69, 9.17) is 4.74 Å². The van der Waals surface area contributed by atoms with Crippen LogP contribution in [0.2, 0.25) is 0 Å². The molecule has 0 amide bonds. The van der Waals surface area contributed by atoms with E-state index in [2.05, 4.69) is 55.4 Å². The van der Waals surface area contributed by atoms with E-state index < -0.39 is 21.1 Å². The molecule has 0 aliphatic carbocycles. The van der Waals surface area contributed by atoms with Crippen LogP contribution in [-0.4, -0.2) is 126 Å². The summed E-state index contributed by atoms with van der Waals surface area (Å²) in [6.45, 7) is 35.2. The largest absolute Gasteiger partial charge is 0.379 e. The fraction of sp³-hybridized carbons (Fsp3) is 0.449. The molecule has 0 N–H and O–H groups in total. The van der Waals surface area contributed by atoms with Crippen LogP contribution in [-0.2, 0) is 52.6 Å². The maximum absolute atomic E-state index is 11.3.